The highest BCUT2D eigenvalue weighted by molar-refractivity contribution is 14.1. The molecule has 0 fully saturated rings. The number of likely N-dealkylation sites (N-methyl/N-ethyl adjacent to an activating group) is 2. The summed E-state index contributed by atoms with van der Waals surface area (Å²) in [7, 11) is 1.87. The van der Waals surface area contributed by atoms with Crippen LogP contribution in [-0.4, -0.2) is 60.3 Å². The Labute approximate surface area is 119 Å². The van der Waals surface area contributed by atoms with Gasteiger partial charge in [0.2, 0.25) is 4.11 Å². The lowest BCUT2D eigenvalue weighted by Crippen LogP contribution is -2.41. The van der Waals surface area contributed by atoms with Crippen molar-refractivity contribution in [1.29, 1.82) is 0 Å². The summed E-state index contributed by atoms with van der Waals surface area (Å²) < 4.78 is 39.0. The third-order valence-electron chi connectivity index (χ3n) is 2.39. The highest BCUT2D eigenvalue weighted by atomic mass is 127. The molecular formula is C9H17BF3IN2O2. The molecule has 0 aromatic rings. The number of nitrogens with zero attached hydrogens (tertiary/aromatic N) is 2. The molecule has 1 amide bonds. The van der Waals surface area contributed by atoms with Gasteiger partial charge in [-0.25, -0.2) is 4.79 Å². The van der Waals surface area contributed by atoms with Crippen LogP contribution >= 0.6 is 22.6 Å². The second-order valence-corrected chi connectivity index (χ2v) is 4.85. The Morgan fingerprint density at radius 2 is 1.89 bits per heavy atom. The highest BCUT2D eigenvalue weighted by Crippen LogP contribution is 2.28. The van der Waals surface area contributed by atoms with Crippen molar-refractivity contribution in [2.75, 3.05) is 26.2 Å². The first-order valence-corrected chi connectivity index (χ1v) is 6.81. The van der Waals surface area contributed by atoms with Crippen LogP contribution in [0.4, 0.5) is 18.0 Å². The predicted molar refractivity (Wildman–Crippen MR) is 73.4 cm³/mol. The molecule has 0 radical (unpaired) electrons. The zero-order valence-electron chi connectivity index (χ0n) is 10.6. The van der Waals surface area contributed by atoms with Crippen LogP contribution in [0.1, 0.15) is 13.8 Å². The van der Waals surface area contributed by atoms with Gasteiger partial charge >= 0.3 is 12.3 Å². The molecule has 1 unspecified atom stereocenters. The number of hydrogen-bond acceptors (Lipinski definition) is 3. The first-order chi connectivity index (χ1) is 8.22. The van der Waals surface area contributed by atoms with Crippen molar-refractivity contribution in [3.63, 3.8) is 0 Å². The van der Waals surface area contributed by atoms with Crippen molar-refractivity contribution in [2.24, 2.45) is 0 Å². The van der Waals surface area contributed by atoms with E-state index in [9.17, 15) is 18.0 Å². The summed E-state index contributed by atoms with van der Waals surface area (Å²) in [5, 5.41) is 0. The molecule has 0 aromatic heterocycles. The van der Waals surface area contributed by atoms with E-state index in [1.54, 1.807) is 6.92 Å². The lowest BCUT2D eigenvalue weighted by atomic mass is 10.3. The van der Waals surface area contributed by atoms with Crippen LogP contribution in [0.5, 0.6) is 0 Å². The van der Waals surface area contributed by atoms with Gasteiger partial charge in [0, 0.05) is 19.6 Å². The number of carbonyl (C=O) groups is 1. The monoisotopic (exact) mass is 380 g/mol. The van der Waals surface area contributed by atoms with Gasteiger partial charge in [-0.1, -0.05) is 6.92 Å². The van der Waals surface area contributed by atoms with Crippen LogP contribution in [0, 0.1) is 0 Å². The van der Waals surface area contributed by atoms with E-state index < -0.39 is 16.4 Å². The van der Waals surface area contributed by atoms with E-state index in [0.717, 1.165) is 29.1 Å². The standard InChI is InChI=1S/C9H17BF3IN2O2/c1-3-15(5-6-16(10)4-2)8(17)18-7(14)9(11,12)13/h7H,3-6,10H2,1-2H3. The van der Waals surface area contributed by atoms with Crippen molar-refractivity contribution in [1.82, 2.24) is 9.71 Å². The summed E-state index contributed by atoms with van der Waals surface area (Å²) in [4.78, 5) is 14.7. The Balaban J connectivity index is 4.27. The molecule has 0 bridgehead atoms. The third-order valence-corrected chi connectivity index (χ3v) is 3.35. The SMILES string of the molecule is BN(CC)CCN(CC)C(=O)OC(I)C(F)(F)F. The quantitative estimate of drug-likeness (QED) is 0.399. The fraction of sp³-hybridized carbons (Fsp3) is 0.889. The summed E-state index contributed by atoms with van der Waals surface area (Å²) in [5.74, 6) is 0. The summed E-state index contributed by atoms with van der Waals surface area (Å²) in [6, 6.07) is 0. The molecule has 106 valence electrons. The molecule has 0 saturated heterocycles. The Morgan fingerprint density at radius 3 is 2.28 bits per heavy atom. The van der Waals surface area contributed by atoms with Crippen LogP contribution in [-0.2, 0) is 4.74 Å². The van der Waals surface area contributed by atoms with E-state index in [2.05, 4.69) is 4.74 Å². The van der Waals surface area contributed by atoms with E-state index in [1.807, 2.05) is 19.7 Å². The Hall–Kier alpha value is -0.185. The van der Waals surface area contributed by atoms with E-state index in [-0.39, 0.29) is 0 Å². The van der Waals surface area contributed by atoms with E-state index in [4.69, 9.17) is 0 Å². The van der Waals surface area contributed by atoms with Gasteiger partial charge in [0.25, 0.3) is 0 Å². The van der Waals surface area contributed by atoms with Crippen LogP contribution in [0.3, 0.4) is 0 Å². The molecule has 0 saturated carbocycles. The average Bonchev–Trinajstić information content (AvgIpc) is 2.28. The molecule has 9 heteroatoms. The fourth-order valence-corrected chi connectivity index (χ4v) is 1.28. The predicted octanol–water partition coefficient (Wildman–Crippen LogP) is 1.64. The van der Waals surface area contributed by atoms with Gasteiger partial charge in [-0.05, 0) is 36.1 Å². The van der Waals surface area contributed by atoms with Gasteiger partial charge in [-0.2, -0.15) is 13.2 Å². The van der Waals surface area contributed by atoms with Crippen molar-refractivity contribution in [3.05, 3.63) is 0 Å². The van der Waals surface area contributed by atoms with Crippen LogP contribution in [0.25, 0.3) is 0 Å². The van der Waals surface area contributed by atoms with Crippen molar-refractivity contribution in [3.8, 4) is 0 Å². The Bertz CT molecular complexity index is 269. The first kappa shape index (κ1) is 17.8. The van der Waals surface area contributed by atoms with Gasteiger partial charge < -0.3 is 14.4 Å². The van der Waals surface area contributed by atoms with E-state index in [1.165, 1.54) is 4.90 Å². The number of ether oxygens (including phenoxy) is 1. The lowest BCUT2D eigenvalue weighted by Gasteiger charge is -2.25. The van der Waals surface area contributed by atoms with Gasteiger partial charge in [0.1, 0.15) is 0 Å². The maximum atomic E-state index is 12.2. The number of carbonyl (C=O) groups excluding carboxylic acids is 1. The minimum Gasteiger partial charge on any atom is -0.426 e. The van der Waals surface area contributed by atoms with Crippen LogP contribution in [0.15, 0.2) is 0 Å². The second-order valence-electron chi connectivity index (χ2n) is 3.72. The maximum Gasteiger partial charge on any atom is 0.435 e. The maximum absolute atomic E-state index is 12.2. The highest BCUT2D eigenvalue weighted by Gasteiger charge is 2.41. The van der Waals surface area contributed by atoms with Gasteiger partial charge in [-0.3, -0.25) is 0 Å². The van der Waals surface area contributed by atoms with Gasteiger partial charge in [0.15, 0.2) is 7.98 Å². The fourth-order valence-electron chi connectivity index (χ4n) is 1.06. The van der Waals surface area contributed by atoms with Crippen LogP contribution in [0.2, 0.25) is 0 Å². The molecule has 1 atom stereocenters. The molecule has 0 aliphatic carbocycles. The van der Waals surface area contributed by atoms with Gasteiger partial charge in [0.05, 0.1) is 0 Å². The van der Waals surface area contributed by atoms with Crippen molar-refractivity contribution < 1.29 is 22.7 Å². The van der Waals surface area contributed by atoms with E-state index >= 15 is 0 Å². The molecule has 0 heterocycles. The molecule has 0 aromatic carbocycles. The summed E-state index contributed by atoms with van der Waals surface area (Å²) in [5.41, 5.74) is 0. The molecule has 0 N–H and O–H groups in total. The number of halogens is 4. The van der Waals surface area contributed by atoms with Crippen molar-refractivity contribution in [2.45, 2.75) is 24.1 Å². The molecule has 0 aliphatic heterocycles. The topological polar surface area (TPSA) is 32.8 Å². The summed E-state index contributed by atoms with van der Waals surface area (Å²) in [6.07, 6.45) is -5.46. The molecular weight excluding hydrogens is 363 g/mol. The Morgan fingerprint density at radius 1 is 1.33 bits per heavy atom. The van der Waals surface area contributed by atoms with Gasteiger partial charge in [-0.15, -0.1) is 0 Å². The Kier molecular flexibility index (Phi) is 8.00. The summed E-state index contributed by atoms with van der Waals surface area (Å²) >= 11 is 1.06. The molecule has 0 spiro atoms. The average molecular weight is 380 g/mol. The first-order valence-electron chi connectivity index (χ1n) is 5.57. The minimum atomic E-state index is -4.53. The number of rotatable bonds is 6. The number of alkyl halides is 4. The number of hydrogen-bond donors (Lipinski definition) is 0. The smallest absolute Gasteiger partial charge is 0.426 e. The third kappa shape index (κ3) is 6.67. The second kappa shape index (κ2) is 8.08. The lowest BCUT2D eigenvalue weighted by molar-refractivity contribution is -0.170. The minimum absolute atomic E-state index is 0.317. The zero-order valence-corrected chi connectivity index (χ0v) is 12.8. The largest absolute Gasteiger partial charge is 0.435 e. The number of amides is 1. The molecule has 0 aliphatic rings. The molecule has 0 rings (SSSR count). The molecule has 4 nitrogen and oxygen atoms in total. The zero-order chi connectivity index (χ0) is 14.3. The summed E-state index contributed by atoms with van der Waals surface area (Å²) in [6.45, 7) is 5.72. The van der Waals surface area contributed by atoms with E-state index in [0.29, 0.717) is 19.6 Å². The van der Waals surface area contributed by atoms with Crippen molar-refractivity contribution >= 4 is 36.7 Å². The molecule has 18 heavy (non-hydrogen) atoms. The van der Waals surface area contributed by atoms with Crippen LogP contribution < -0.4 is 0 Å². The normalized spacial score (nSPS) is 13.5.